The molecule has 0 saturated carbocycles. The molecule has 0 atom stereocenters. The summed E-state index contributed by atoms with van der Waals surface area (Å²) < 4.78 is 11.2. The normalized spacial score (nSPS) is 16.8. The van der Waals surface area contributed by atoms with Crippen LogP contribution in [-0.4, -0.2) is 58.4 Å². The lowest BCUT2D eigenvalue weighted by Crippen LogP contribution is -2.56. The number of carbonyl (C=O) groups is 1. The minimum absolute atomic E-state index is 0.0752. The molecule has 0 amide bonds. The molecule has 0 aliphatic carbocycles. The zero-order valence-electron chi connectivity index (χ0n) is 15.0. The van der Waals surface area contributed by atoms with Crippen molar-refractivity contribution in [3.63, 3.8) is 0 Å². The van der Waals surface area contributed by atoms with E-state index in [1.165, 1.54) is 0 Å². The minimum Gasteiger partial charge on any atom is -0.535 e. The second-order valence-corrected chi connectivity index (χ2v) is 6.78. The molecule has 0 bridgehead atoms. The number of rotatable bonds is 4. The van der Waals surface area contributed by atoms with Crippen molar-refractivity contribution in [1.29, 1.82) is 0 Å². The van der Waals surface area contributed by atoms with Gasteiger partial charge < -0.3 is 29.6 Å². The molecule has 144 valence electrons. The van der Waals surface area contributed by atoms with E-state index >= 15 is 0 Å². The summed E-state index contributed by atoms with van der Waals surface area (Å²) >= 11 is 0. The van der Waals surface area contributed by atoms with Gasteiger partial charge in [0.2, 0.25) is 0 Å². The van der Waals surface area contributed by atoms with Crippen LogP contribution in [0.4, 0.5) is 0 Å². The van der Waals surface area contributed by atoms with E-state index in [4.69, 9.17) is 9.39 Å². The largest absolute Gasteiger partial charge is 0.535 e. The van der Waals surface area contributed by atoms with Crippen LogP contribution in [0.15, 0.2) is 47.6 Å². The van der Waals surface area contributed by atoms with Gasteiger partial charge in [-0.2, -0.15) is 0 Å². The van der Waals surface area contributed by atoms with E-state index in [0.717, 1.165) is 11.1 Å². The van der Waals surface area contributed by atoms with Crippen LogP contribution in [0.2, 0.25) is 6.32 Å². The van der Waals surface area contributed by atoms with Gasteiger partial charge in [0, 0.05) is 5.56 Å². The quantitative estimate of drug-likeness (QED) is 0.243. The maximum atomic E-state index is 11.8. The van der Waals surface area contributed by atoms with Gasteiger partial charge in [-0.25, -0.2) is 4.79 Å². The van der Waals surface area contributed by atoms with Crippen LogP contribution in [0, 0.1) is 0 Å². The van der Waals surface area contributed by atoms with Crippen LogP contribution in [0.25, 0.3) is 0 Å². The molecule has 4 rings (SSSR count). The molecular formula is C19H19BN2O6. The van der Waals surface area contributed by atoms with E-state index < -0.39 is 13.1 Å². The number of oxime groups is 1. The summed E-state index contributed by atoms with van der Waals surface area (Å²) in [5.41, 5.74) is 1.45. The number of carboxylic acids is 1. The topological polar surface area (TPSA) is 112 Å². The number of aromatic carboxylic acids is 1. The Labute approximate surface area is 161 Å². The molecule has 0 radical (unpaired) electrons. The molecule has 0 unspecified atom stereocenters. The van der Waals surface area contributed by atoms with E-state index in [1.54, 1.807) is 12.1 Å². The molecule has 2 aromatic carbocycles. The van der Waals surface area contributed by atoms with Gasteiger partial charge in [-0.1, -0.05) is 41.6 Å². The SMILES string of the molecule is O=C(O)c1c(OC2CN(C(=NO)c3ccccc3)C2)ccc2c1OB(O)CC2. The van der Waals surface area contributed by atoms with Gasteiger partial charge in [0.25, 0.3) is 0 Å². The summed E-state index contributed by atoms with van der Waals surface area (Å²) in [4.78, 5) is 13.6. The Morgan fingerprint density at radius 2 is 1.96 bits per heavy atom. The number of ether oxygens (including phenoxy) is 1. The highest BCUT2D eigenvalue weighted by Gasteiger charge is 2.35. The zero-order chi connectivity index (χ0) is 19.7. The maximum Gasteiger partial charge on any atom is 0.522 e. The van der Waals surface area contributed by atoms with E-state index in [-0.39, 0.29) is 23.2 Å². The third kappa shape index (κ3) is 3.36. The molecule has 0 aromatic heterocycles. The summed E-state index contributed by atoms with van der Waals surface area (Å²) in [7, 11) is -1.02. The second-order valence-electron chi connectivity index (χ2n) is 6.78. The summed E-state index contributed by atoms with van der Waals surface area (Å²) in [5.74, 6) is -0.358. The van der Waals surface area contributed by atoms with Gasteiger partial charge in [-0.3, -0.25) is 0 Å². The third-order valence-electron chi connectivity index (χ3n) is 4.90. The number of fused-ring (bicyclic) bond motifs is 1. The smallest absolute Gasteiger partial charge is 0.522 e. The maximum absolute atomic E-state index is 11.8. The molecule has 2 heterocycles. The lowest BCUT2D eigenvalue weighted by Gasteiger charge is -2.40. The molecule has 1 saturated heterocycles. The highest BCUT2D eigenvalue weighted by molar-refractivity contribution is 6.44. The van der Waals surface area contributed by atoms with Crippen LogP contribution in [0.1, 0.15) is 21.5 Å². The van der Waals surface area contributed by atoms with Crippen LogP contribution in [-0.2, 0) is 6.42 Å². The van der Waals surface area contributed by atoms with Crippen LogP contribution in [0.3, 0.4) is 0 Å². The molecular weight excluding hydrogens is 363 g/mol. The van der Waals surface area contributed by atoms with Gasteiger partial charge in [0.05, 0.1) is 13.1 Å². The Morgan fingerprint density at radius 1 is 1.21 bits per heavy atom. The van der Waals surface area contributed by atoms with Gasteiger partial charge >= 0.3 is 13.1 Å². The molecule has 2 aliphatic heterocycles. The number of carboxylic acid groups (broad SMARTS) is 1. The lowest BCUT2D eigenvalue weighted by atomic mass is 9.78. The fourth-order valence-electron chi connectivity index (χ4n) is 3.47. The molecule has 9 heteroatoms. The number of nitrogens with zero attached hydrogens (tertiary/aromatic N) is 2. The molecule has 2 aromatic rings. The lowest BCUT2D eigenvalue weighted by molar-refractivity contribution is 0.0588. The number of amidine groups is 1. The van der Waals surface area contributed by atoms with Crippen molar-refractivity contribution < 1.29 is 29.5 Å². The van der Waals surface area contributed by atoms with E-state index in [2.05, 4.69) is 5.16 Å². The Balaban J connectivity index is 1.49. The standard InChI is InChI=1S/C19H19BN2O6/c23-19(24)16-15(7-6-12-8-9-20(25)28-17(12)16)27-14-10-22(11-14)18(21-26)13-4-2-1-3-5-13/h1-7,14,25-26H,8-11H2,(H,23,24). The predicted molar refractivity (Wildman–Crippen MR) is 101 cm³/mol. The first-order valence-electron chi connectivity index (χ1n) is 8.99. The zero-order valence-corrected chi connectivity index (χ0v) is 15.0. The van der Waals surface area contributed by atoms with Crippen molar-refractivity contribution in [3.8, 4) is 11.5 Å². The average molecular weight is 382 g/mol. The highest BCUT2D eigenvalue weighted by atomic mass is 16.5. The fraction of sp³-hybridized carbons (Fsp3) is 0.263. The Kier molecular flexibility index (Phi) is 4.83. The number of hydrogen-bond acceptors (Lipinski definition) is 6. The van der Waals surface area contributed by atoms with E-state index in [0.29, 0.717) is 31.7 Å². The van der Waals surface area contributed by atoms with Crippen molar-refractivity contribution in [2.24, 2.45) is 5.16 Å². The summed E-state index contributed by atoms with van der Waals surface area (Å²) in [5, 5.41) is 32.1. The Morgan fingerprint density at radius 3 is 2.64 bits per heavy atom. The van der Waals surface area contributed by atoms with Crippen molar-refractivity contribution in [3.05, 3.63) is 59.2 Å². The van der Waals surface area contributed by atoms with Crippen molar-refractivity contribution in [1.82, 2.24) is 4.90 Å². The molecule has 2 aliphatic rings. The third-order valence-corrected chi connectivity index (χ3v) is 4.90. The number of benzene rings is 2. The molecule has 1 fully saturated rings. The predicted octanol–water partition coefficient (Wildman–Crippen LogP) is 1.70. The Bertz CT molecular complexity index is 914. The Hall–Kier alpha value is -3.20. The number of likely N-dealkylation sites (tertiary alicyclic amines) is 1. The first-order valence-corrected chi connectivity index (χ1v) is 8.99. The van der Waals surface area contributed by atoms with Gasteiger partial charge in [0.1, 0.15) is 23.2 Å². The van der Waals surface area contributed by atoms with Gasteiger partial charge in [-0.05, 0) is 24.4 Å². The molecule has 8 nitrogen and oxygen atoms in total. The number of hydrogen-bond donors (Lipinski definition) is 3. The van der Waals surface area contributed by atoms with Crippen LogP contribution in [0.5, 0.6) is 11.5 Å². The van der Waals surface area contributed by atoms with Crippen LogP contribution < -0.4 is 9.39 Å². The first kappa shape index (κ1) is 18.2. The van der Waals surface area contributed by atoms with Crippen molar-refractivity contribution in [2.75, 3.05) is 13.1 Å². The summed E-state index contributed by atoms with van der Waals surface area (Å²) in [6.07, 6.45) is 0.707. The highest BCUT2D eigenvalue weighted by Crippen LogP contribution is 2.37. The minimum atomic E-state index is -1.17. The van der Waals surface area contributed by atoms with Crippen LogP contribution >= 0.6 is 0 Å². The second kappa shape index (κ2) is 7.44. The number of aryl methyl sites for hydroxylation is 1. The van der Waals surface area contributed by atoms with Gasteiger partial charge in [0.15, 0.2) is 5.84 Å². The van der Waals surface area contributed by atoms with Gasteiger partial charge in [-0.15, -0.1) is 0 Å². The van der Waals surface area contributed by atoms with Crippen molar-refractivity contribution in [2.45, 2.75) is 18.8 Å². The average Bonchev–Trinajstić information content (AvgIpc) is 2.66. The van der Waals surface area contributed by atoms with E-state index in [1.807, 2.05) is 35.2 Å². The molecule has 28 heavy (non-hydrogen) atoms. The molecule has 0 spiro atoms. The summed E-state index contributed by atoms with van der Waals surface area (Å²) in [6, 6.07) is 12.7. The fourth-order valence-corrected chi connectivity index (χ4v) is 3.47. The molecule has 3 N–H and O–H groups in total. The van der Waals surface area contributed by atoms with E-state index in [9.17, 15) is 20.1 Å². The van der Waals surface area contributed by atoms with Crippen molar-refractivity contribution >= 4 is 18.9 Å². The summed E-state index contributed by atoms with van der Waals surface area (Å²) in [6.45, 7) is 0.905. The first-order chi connectivity index (χ1) is 13.6. The monoisotopic (exact) mass is 382 g/mol.